The molecule has 2 N–H and O–H groups in total. The number of hydrogen-bond donors (Lipinski definition) is 1. The lowest BCUT2D eigenvalue weighted by Crippen LogP contribution is -2.21. The number of benzene rings is 1. The molecule has 4 heteroatoms. The molecular formula is C14H20N2O2. The Morgan fingerprint density at radius 3 is 2.78 bits per heavy atom. The molecule has 0 heterocycles. The van der Waals surface area contributed by atoms with Gasteiger partial charge in [-0.05, 0) is 30.5 Å². The summed E-state index contributed by atoms with van der Waals surface area (Å²) >= 11 is 0. The van der Waals surface area contributed by atoms with Crippen molar-refractivity contribution in [2.24, 2.45) is 5.92 Å². The molecule has 1 aromatic carbocycles. The molecule has 0 unspecified atom stereocenters. The van der Waals surface area contributed by atoms with E-state index in [9.17, 15) is 4.79 Å². The van der Waals surface area contributed by atoms with E-state index < -0.39 is 0 Å². The largest absolute Gasteiger partial charge is 0.491 e. The highest BCUT2D eigenvalue weighted by atomic mass is 16.5. The predicted molar refractivity (Wildman–Crippen MR) is 71.7 cm³/mol. The summed E-state index contributed by atoms with van der Waals surface area (Å²) in [5, 5.41) is 0. The monoisotopic (exact) mass is 248 g/mol. The zero-order chi connectivity index (χ0) is 13.1. The molecule has 1 aliphatic carbocycles. The molecule has 0 spiro atoms. The van der Waals surface area contributed by atoms with Gasteiger partial charge < -0.3 is 15.4 Å². The van der Waals surface area contributed by atoms with Gasteiger partial charge in [-0.25, -0.2) is 0 Å². The van der Waals surface area contributed by atoms with Gasteiger partial charge in [0.25, 0.3) is 5.91 Å². The van der Waals surface area contributed by atoms with Crippen molar-refractivity contribution in [2.75, 3.05) is 26.4 Å². The van der Waals surface area contributed by atoms with Gasteiger partial charge in [-0.2, -0.15) is 0 Å². The molecule has 98 valence electrons. The van der Waals surface area contributed by atoms with Crippen LogP contribution in [0.2, 0.25) is 0 Å². The molecule has 1 amide bonds. The molecule has 4 nitrogen and oxygen atoms in total. The first-order valence-corrected chi connectivity index (χ1v) is 6.32. The van der Waals surface area contributed by atoms with Gasteiger partial charge in [-0.3, -0.25) is 4.79 Å². The molecule has 0 aliphatic heterocycles. The van der Waals surface area contributed by atoms with Crippen molar-refractivity contribution in [3.8, 4) is 5.75 Å². The molecule has 0 atom stereocenters. The Labute approximate surface area is 108 Å². The summed E-state index contributed by atoms with van der Waals surface area (Å²) in [5.41, 5.74) is 7.04. The van der Waals surface area contributed by atoms with Gasteiger partial charge in [0.1, 0.15) is 5.75 Å². The minimum absolute atomic E-state index is 0.0398. The highest BCUT2D eigenvalue weighted by Gasteiger charge is 2.21. The normalized spacial score (nSPS) is 14.3. The standard InChI is InChI=1S/C14H20N2O2/c1-16(2)14(17)11-5-6-12(15)13(9-11)18-8-7-10-3-4-10/h5-6,9-10H,3-4,7-8,15H2,1-2H3. The van der Waals surface area contributed by atoms with E-state index in [0.29, 0.717) is 23.6 Å². The number of hydrogen-bond acceptors (Lipinski definition) is 3. The lowest BCUT2D eigenvalue weighted by atomic mass is 10.1. The van der Waals surface area contributed by atoms with Crippen molar-refractivity contribution in [1.82, 2.24) is 4.90 Å². The van der Waals surface area contributed by atoms with E-state index in [0.717, 1.165) is 12.3 Å². The maximum atomic E-state index is 11.8. The summed E-state index contributed by atoms with van der Waals surface area (Å²) < 4.78 is 5.66. The third-order valence-corrected chi connectivity index (χ3v) is 3.15. The maximum absolute atomic E-state index is 11.8. The molecular weight excluding hydrogens is 228 g/mol. The smallest absolute Gasteiger partial charge is 0.253 e. The van der Waals surface area contributed by atoms with Crippen LogP contribution in [0.1, 0.15) is 29.6 Å². The number of amides is 1. The fraction of sp³-hybridized carbons (Fsp3) is 0.500. The molecule has 1 aliphatic rings. The van der Waals surface area contributed by atoms with Crippen LogP contribution in [0.5, 0.6) is 5.75 Å². The Bertz CT molecular complexity index is 439. The van der Waals surface area contributed by atoms with Crippen molar-refractivity contribution in [3.05, 3.63) is 23.8 Å². The van der Waals surface area contributed by atoms with Crippen molar-refractivity contribution in [3.63, 3.8) is 0 Å². The predicted octanol–water partition coefficient (Wildman–Crippen LogP) is 2.15. The van der Waals surface area contributed by atoms with Crippen molar-refractivity contribution < 1.29 is 9.53 Å². The SMILES string of the molecule is CN(C)C(=O)c1ccc(N)c(OCCC2CC2)c1. The fourth-order valence-electron chi connectivity index (χ4n) is 1.79. The Morgan fingerprint density at radius 2 is 2.17 bits per heavy atom. The minimum atomic E-state index is -0.0398. The second-order valence-electron chi connectivity index (χ2n) is 5.03. The number of nitrogens with two attached hydrogens (primary N) is 1. The van der Waals surface area contributed by atoms with Crippen LogP contribution in [0.3, 0.4) is 0 Å². The highest BCUT2D eigenvalue weighted by molar-refractivity contribution is 5.94. The third-order valence-electron chi connectivity index (χ3n) is 3.15. The zero-order valence-electron chi connectivity index (χ0n) is 11.0. The van der Waals surface area contributed by atoms with Gasteiger partial charge in [0.2, 0.25) is 0 Å². The Balaban J connectivity index is 2.02. The summed E-state index contributed by atoms with van der Waals surface area (Å²) in [4.78, 5) is 13.4. The second-order valence-corrected chi connectivity index (χ2v) is 5.03. The number of carbonyl (C=O) groups excluding carboxylic acids is 1. The number of nitrogens with zero attached hydrogens (tertiary/aromatic N) is 1. The Hall–Kier alpha value is -1.71. The fourth-order valence-corrected chi connectivity index (χ4v) is 1.79. The highest BCUT2D eigenvalue weighted by Crippen LogP contribution is 2.32. The van der Waals surface area contributed by atoms with Crippen LogP contribution in [0.15, 0.2) is 18.2 Å². The summed E-state index contributed by atoms with van der Waals surface area (Å²) in [6.07, 6.45) is 3.71. The summed E-state index contributed by atoms with van der Waals surface area (Å²) in [5.74, 6) is 1.41. The van der Waals surface area contributed by atoms with Crippen LogP contribution in [-0.4, -0.2) is 31.5 Å². The molecule has 0 radical (unpaired) electrons. The summed E-state index contributed by atoms with van der Waals surface area (Å²) in [6.45, 7) is 0.675. The molecule has 1 saturated carbocycles. The number of carbonyl (C=O) groups is 1. The van der Waals surface area contributed by atoms with Gasteiger partial charge in [-0.1, -0.05) is 12.8 Å². The van der Waals surface area contributed by atoms with E-state index >= 15 is 0 Å². The first-order chi connectivity index (χ1) is 8.58. The van der Waals surface area contributed by atoms with E-state index in [4.69, 9.17) is 10.5 Å². The number of rotatable bonds is 5. The molecule has 0 saturated heterocycles. The number of anilines is 1. The van der Waals surface area contributed by atoms with Crippen LogP contribution in [0.25, 0.3) is 0 Å². The number of ether oxygens (including phenoxy) is 1. The van der Waals surface area contributed by atoms with E-state index in [-0.39, 0.29) is 5.91 Å². The van der Waals surface area contributed by atoms with Crippen molar-refractivity contribution in [1.29, 1.82) is 0 Å². The van der Waals surface area contributed by atoms with Crippen LogP contribution >= 0.6 is 0 Å². The average molecular weight is 248 g/mol. The van der Waals surface area contributed by atoms with Crippen LogP contribution in [-0.2, 0) is 0 Å². The van der Waals surface area contributed by atoms with Crippen molar-refractivity contribution >= 4 is 11.6 Å². The average Bonchev–Trinajstić information content (AvgIpc) is 3.14. The second kappa shape index (κ2) is 5.29. The third kappa shape index (κ3) is 3.15. The van der Waals surface area contributed by atoms with Gasteiger partial charge in [-0.15, -0.1) is 0 Å². The Kier molecular flexibility index (Phi) is 3.75. The van der Waals surface area contributed by atoms with E-state index in [1.807, 2.05) is 0 Å². The van der Waals surface area contributed by atoms with Gasteiger partial charge in [0.15, 0.2) is 0 Å². The van der Waals surface area contributed by atoms with E-state index in [2.05, 4.69) is 0 Å². The van der Waals surface area contributed by atoms with Gasteiger partial charge >= 0.3 is 0 Å². The Morgan fingerprint density at radius 1 is 1.44 bits per heavy atom. The minimum Gasteiger partial charge on any atom is -0.491 e. The molecule has 0 bridgehead atoms. The molecule has 1 fully saturated rings. The lowest BCUT2D eigenvalue weighted by molar-refractivity contribution is 0.0827. The maximum Gasteiger partial charge on any atom is 0.253 e. The molecule has 2 rings (SSSR count). The van der Waals surface area contributed by atoms with Gasteiger partial charge in [0, 0.05) is 19.7 Å². The topological polar surface area (TPSA) is 55.6 Å². The van der Waals surface area contributed by atoms with Crippen LogP contribution in [0, 0.1) is 5.92 Å². The van der Waals surface area contributed by atoms with E-state index in [1.165, 1.54) is 12.8 Å². The molecule has 0 aromatic heterocycles. The summed E-state index contributed by atoms with van der Waals surface area (Å²) in [7, 11) is 3.46. The lowest BCUT2D eigenvalue weighted by Gasteiger charge is -2.13. The quantitative estimate of drug-likeness (QED) is 0.812. The van der Waals surface area contributed by atoms with E-state index in [1.54, 1.807) is 37.2 Å². The van der Waals surface area contributed by atoms with Gasteiger partial charge in [0.05, 0.1) is 12.3 Å². The van der Waals surface area contributed by atoms with Crippen LogP contribution < -0.4 is 10.5 Å². The molecule has 1 aromatic rings. The number of nitrogen functional groups attached to an aromatic ring is 1. The first-order valence-electron chi connectivity index (χ1n) is 6.32. The summed E-state index contributed by atoms with van der Waals surface area (Å²) in [6, 6.07) is 5.18. The van der Waals surface area contributed by atoms with Crippen molar-refractivity contribution in [2.45, 2.75) is 19.3 Å². The van der Waals surface area contributed by atoms with Crippen LogP contribution in [0.4, 0.5) is 5.69 Å². The molecule has 18 heavy (non-hydrogen) atoms. The zero-order valence-corrected chi connectivity index (χ0v) is 11.0. The first kappa shape index (κ1) is 12.7.